The first-order valence-corrected chi connectivity index (χ1v) is 7.10. The van der Waals surface area contributed by atoms with E-state index in [9.17, 15) is 9.18 Å². The zero-order valence-electron chi connectivity index (χ0n) is 12.4. The van der Waals surface area contributed by atoms with E-state index >= 15 is 0 Å². The maximum Gasteiger partial charge on any atom is 0.176 e. The Balaban J connectivity index is 1.97. The van der Waals surface area contributed by atoms with E-state index in [1.54, 1.807) is 6.07 Å². The van der Waals surface area contributed by atoms with Gasteiger partial charge in [-0.3, -0.25) is 9.69 Å². The maximum atomic E-state index is 13.6. The highest BCUT2D eigenvalue weighted by atomic mass is 19.1. The third-order valence-corrected chi connectivity index (χ3v) is 4.09. The van der Waals surface area contributed by atoms with Gasteiger partial charge in [-0.1, -0.05) is 13.8 Å². The summed E-state index contributed by atoms with van der Waals surface area (Å²) in [6.45, 7) is 6.72. The largest absolute Gasteiger partial charge is 0.494 e. The number of ether oxygens (including phenoxy) is 1. The van der Waals surface area contributed by atoms with Gasteiger partial charge < -0.3 is 4.74 Å². The summed E-state index contributed by atoms with van der Waals surface area (Å²) < 4.78 is 18.5. The third kappa shape index (κ3) is 3.37. The summed E-state index contributed by atoms with van der Waals surface area (Å²) in [5.41, 5.74) is 0.413. The molecule has 1 fully saturated rings. The lowest BCUT2D eigenvalue weighted by molar-refractivity contribution is 0.0941. The van der Waals surface area contributed by atoms with Crippen LogP contribution in [0.3, 0.4) is 0 Å². The van der Waals surface area contributed by atoms with Crippen LogP contribution in [0.5, 0.6) is 5.75 Å². The summed E-state index contributed by atoms with van der Waals surface area (Å²) in [7, 11) is 1.41. The van der Waals surface area contributed by atoms with Crippen LogP contribution in [-0.4, -0.2) is 37.4 Å². The molecule has 1 aromatic rings. The molecule has 3 nitrogen and oxygen atoms in total. The van der Waals surface area contributed by atoms with Crippen molar-refractivity contribution in [3.05, 3.63) is 29.6 Å². The highest BCUT2D eigenvalue weighted by Gasteiger charge is 2.26. The van der Waals surface area contributed by atoms with Crippen LogP contribution in [0.2, 0.25) is 0 Å². The van der Waals surface area contributed by atoms with Crippen molar-refractivity contribution in [1.29, 1.82) is 0 Å². The number of hydrogen-bond donors (Lipinski definition) is 0. The molecule has 1 heterocycles. The molecule has 2 rings (SSSR count). The minimum Gasteiger partial charge on any atom is -0.494 e. The second kappa shape index (κ2) is 6.35. The Morgan fingerprint density at radius 1 is 1.50 bits per heavy atom. The van der Waals surface area contributed by atoms with Gasteiger partial charge >= 0.3 is 0 Å². The van der Waals surface area contributed by atoms with E-state index < -0.39 is 5.82 Å². The summed E-state index contributed by atoms with van der Waals surface area (Å²) in [6, 6.07) is 4.39. The monoisotopic (exact) mass is 279 g/mol. The first-order chi connectivity index (χ1) is 9.51. The maximum absolute atomic E-state index is 13.6. The Morgan fingerprint density at radius 3 is 2.80 bits per heavy atom. The molecule has 0 radical (unpaired) electrons. The minimum atomic E-state index is -0.486. The fraction of sp³-hybridized carbons (Fsp3) is 0.562. The number of Topliss-reactive ketones (excluding diaryl/α,β-unsaturated/α-hetero) is 1. The molecule has 1 saturated heterocycles. The molecule has 20 heavy (non-hydrogen) atoms. The number of carbonyl (C=O) groups excluding carboxylic acids is 1. The number of likely N-dealkylation sites (tertiary alicyclic amines) is 1. The number of benzene rings is 1. The van der Waals surface area contributed by atoms with Gasteiger partial charge in [0, 0.05) is 12.1 Å². The SMILES string of the molecule is COc1ccc(C(=O)CN2CCC(C(C)C)C2)cc1F. The zero-order chi connectivity index (χ0) is 14.7. The van der Waals surface area contributed by atoms with Crippen LogP contribution in [0.1, 0.15) is 30.6 Å². The van der Waals surface area contributed by atoms with Gasteiger partial charge in [-0.15, -0.1) is 0 Å². The molecule has 1 aromatic carbocycles. The van der Waals surface area contributed by atoms with Crippen LogP contribution >= 0.6 is 0 Å². The van der Waals surface area contributed by atoms with Crippen LogP contribution in [-0.2, 0) is 0 Å². The smallest absolute Gasteiger partial charge is 0.176 e. The number of nitrogens with zero attached hydrogens (tertiary/aromatic N) is 1. The summed E-state index contributed by atoms with van der Waals surface area (Å²) in [6.07, 6.45) is 1.14. The molecule has 0 aromatic heterocycles. The minimum absolute atomic E-state index is 0.0315. The number of ketones is 1. The average molecular weight is 279 g/mol. The van der Waals surface area contributed by atoms with Gasteiger partial charge in [0.15, 0.2) is 17.3 Å². The van der Waals surface area contributed by atoms with Crippen LogP contribution in [0, 0.1) is 17.7 Å². The fourth-order valence-electron chi connectivity index (χ4n) is 2.68. The van der Waals surface area contributed by atoms with Gasteiger partial charge in [-0.25, -0.2) is 4.39 Å². The Bertz CT molecular complexity index is 487. The molecule has 0 N–H and O–H groups in total. The third-order valence-electron chi connectivity index (χ3n) is 4.09. The second-order valence-corrected chi connectivity index (χ2v) is 5.80. The quantitative estimate of drug-likeness (QED) is 0.776. The van der Waals surface area contributed by atoms with E-state index in [1.807, 2.05) is 0 Å². The van der Waals surface area contributed by atoms with E-state index in [2.05, 4.69) is 18.7 Å². The van der Waals surface area contributed by atoms with E-state index in [-0.39, 0.29) is 11.5 Å². The predicted molar refractivity (Wildman–Crippen MR) is 76.7 cm³/mol. The molecule has 4 heteroatoms. The summed E-state index contributed by atoms with van der Waals surface area (Å²) in [5, 5.41) is 0. The lowest BCUT2D eigenvalue weighted by atomic mass is 9.95. The fourth-order valence-corrected chi connectivity index (χ4v) is 2.68. The zero-order valence-corrected chi connectivity index (χ0v) is 12.4. The molecule has 1 unspecified atom stereocenters. The van der Waals surface area contributed by atoms with Crippen molar-refractivity contribution in [2.75, 3.05) is 26.7 Å². The Morgan fingerprint density at radius 2 is 2.25 bits per heavy atom. The number of carbonyl (C=O) groups is 1. The molecule has 0 spiro atoms. The van der Waals surface area contributed by atoms with Gasteiger partial charge in [0.25, 0.3) is 0 Å². The molecule has 0 aliphatic carbocycles. The number of hydrogen-bond acceptors (Lipinski definition) is 3. The van der Waals surface area contributed by atoms with Crippen molar-refractivity contribution in [2.45, 2.75) is 20.3 Å². The number of rotatable bonds is 5. The summed E-state index contributed by atoms with van der Waals surface area (Å²) in [4.78, 5) is 14.3. The molecule has 110 valence electrons. The van der Waals surface area contributed by atoms with Crippen molar-refractivity contribution < 1.29 is 13.9 Å². The molecule has 1 aliphatic rings. The normalized spacial score (nSPS) is 19.6. The lowest BCUT2D eigenvalue weighted by Gasteiger charge is -2.17. The first-order valence-electron chi connectivity index (χ1n) is 7.10. The molecule has 0 bridgehead atoms. The van der Waals surface area contributed by atoms with E-state index in [0.717, 1.165) is 19.5 Å². The standard InChI is InChI=1S/C16H22FNO2/c1-11(2)13-6-7-18(9-13)10-15(19)12-4-5-16(20-3)14(17)8-12/h4-5,8,11,13H,6-7,9-10H2,1-3H3. The second-order valence-electron chi connectivity index (χ2n) is 5.80. The van der Waals surface area contributed by atoms with Crippen LogP contribution in [0.25, 0.3) is 0 Å². The highest BCUT2D eigenvalue weighted by Crippen LogP contribution is 2.24. The topological polar surface area (TPSA) is 29.5 Å². The van der Waals surface area contributed by atoms with Gasteiger partial charge in [-0.05, 0) is 43.0 Å². The number of halogens is 1. The predicted octanol–water partition coefficient (Wildman–Crippen LogP) is 2.99. The van der Waals surface area contributed by atoms with Gasteiger partial charge in [0.05, 0.1) is 13.7 Å². The molecule has 1 atom stereocenters. The molecule has 1 aliphatic heterocycles. The van der Waals surface area contributed by atoms with Crippen molar-refractivity contribution in [1.82, 2.24) is 4.90 Å². The van der Waals surface area contributed by atoms with Crippen LogP contribution in [0.4, 0.5) is 4.39 Å². The molecular weight excluding hydrogens is 257 g/mol. The Hall–Kier alpha value is -1.42. The van der Waals surface area contributed by atoms with E-state index in [4.69, 9.17) is 4.74 Å². The summed E-state index contributed by atoms with van der Waals surface area (Å²) >= 11 is 0. The lowest BCUT2D eigenvalue weighted by Crippen LogP contribution is -2.28. The van der Waals surface area contributed by atoms with E-state index in [0.29, 0.717) is 23.9 Å². The van der Waals surface area contributed by atoms with Crippen molar-refractivity contribution >= 4 is 5.78 Å². The summed E-state index contributed by atoms with van der Waals surface area (Å²) in [5.74, 6) is 0.960. The van der Waals surface area contributed by atoms with Crippen molar-refractivity contribution in [3.8, 4) is 5.75 Å². The molecule has 0 saturated carbocycles. The van der Waals surface area contributed by atoms with E-state index in [1.165, 1.54) is 19.2 Å². The van der Waals surface area contributed by atoms with Crippen molar-refractivity contribution in [2.24, 2.45) is 11.8 Å². The number of methoxy groups -OCH3 is 1. The molecular formula is C16H22FNO2. The Kier molecular flexibility index (Phi) is 4.76. The van der Waals surface area contributed by atoms with Gasteiger partial charge in [-0.2, -0.15) is 0 Å². The van der Waals surface area contributed by atoms with Gasteiger partial charge in [0.1, 0.15) is 0 Å². The molecule has 0 amide bonds. The average Bonchev–Trinajstić information content (AvgIpc) is 2.87. The first kappa shape index (κ1) is 15.0. The van der Waals surface area contributed by atoms with Crippen LogP contribution in [0.15, 0.2) is 18.2 Å². The van der Waals surface area contributed by atoms with Crippen LogP contribution < -0.4 is 4.74 Å². The highest BCUT2D eigenvalue weighted by molar-refractivity contribution is 5.97. The Labute approximate surface area is 119 Å². The van der Waals surface area contributed by atoms with Gasteiger partial charge in [0.2, 0.25) is 0 Å². The van der Waals surface area contributed by atoms with Crippen molar-refractivity contribution in [3.63, 3.8) is 0 Å².